The minimum Gasteiger partial charge on any atom is -0.0654 e. The highest BCUT2D eigenvalue weighted by Gasteiger charge is 2.85. The smallest absolute Gasteiger partial charge is 0.0170 e. The maximum Gasteiger partial charge on any atom is -0.0170 e. The normalized spacial score (nSPS) is 58.6. The molecule has 166 valence electrons. The molecule has 0 heterocycles. The number of rotatable bonds is 3. The summed E-state index contributed by atoms with van der Waals surface area (Å²) in [6, 6.07) is 0. The van der Waals surface area contributed by atoms with Crippen molar-refractivity contribution in [1.82, 2.24) is 0 Å². The molecular formula is C29H50. The average Bonchev–Trinajstić information content (AvgIpc) is 3.06. The van der Waals surface area contributed by atoms with Gasteiger partial charge in [-0.15, -0.1) is 0 Å². The minimum atomic E-state index is 0.552. The van der Waals surface area contributed by atoms with Gasteiger partial charge < -0.3 is 0 Å². The molecule has 0 bridgehead atoms. The van der Waals surface area contributed by atoms with E-state index in [1.54, 1.807) is 19.3 Å². The molecule has 5 aliphatic carbocycles. The molecule has 0 saturated heterocycles. The monoisotopic (exact) mass is 398 g/mol. The van der Waals surface area contributed by atoms with Gasteiger partial charge in [-0.05, 0) is 114 Å². The Bertz CT molecular complexity index is 676. The molecule has 2 spiro atoms. The number of fused-ring (bicyclic) bond motifs is 2. The van der Waals surface area contributed by atoms with E-state index in [9.17, 15) is 0 Å². The number of hydrogen-bond acceptors (Lipinski definition) is 0. The van der Waals surface area contributed by atoms with Crippen LogP contribution in [0.25, 0.3) is 0 Å². The van der Waals surface area contributed by atoms with Gasteiger partial charge in [0.05, 0.1) is 0 Å². The summed E-state index contributed by atoms with van der Waals surface area (Å²) in [5.41, 5.74) is 3.18. The van der Waals surface area contributed by atoms with Crippen molar-refractivity contribution < 1.29 is 0 Å². The second kappa shape index (κ2) is 6.07. The molecule has 0 N–H and O–H groups in total. The Balaban J connectivity index is 1.53. The molecule has 5 rings (SSSR count). The summed E-state index contributed by atoms with van der Waals surface area (Å²) in [5.74, 6) is 5.83. The zero-order chi connectivity index (χ0) is 21.0. The molecule has 0 aliphatic heterocycles. The van der Waals surface area contributed by atoms with Gasteiger partial charge in [0.25, 0.3) is 0 Å². The van der Waals surface area contributed by atoms with Crippen LogP contribution in [-0.2, 0) is 0 Å². The van der Waals surface area contributed by atoms with Gasteiger partial charge in [-0.1, -0.05) is 68.2 Å². The van der Waals surface area contributed by atoms with Crippen LogP contribution in [0.2, 0.25) is 0 Å². The molecule has 0 aromatic carbocycles. The highest BCUT2D eigenvalue weighted by molar-refractivity contribution is 5.33. The Morgan fingerprint density at radius 3 is 2.10 bits per heavy atom. The van der Waals surface area contributed by atoms with E-state index < -0.39 is 0 Å². The summed E-state index contributed by atoms with van der Waals surface area (Å²) in [6.45, 7) is 21.1. The van der Waals surface area contributed by atoms with Crippen molar-refractivity contribution in [2.24, 2.45) is 62.6 Å². The fourth-order valence-electron chi connectivity index (χ4n) is 11.9. The lowest BCUT2D eigenvalue weighted by Gasteiger charge is -2.63. The third-order valence-corrected chi connectivity index (χ3v) is 13.8. The molecule has 0 amide bonds. The van der Waals surface area contributed by atoms with Gasteiger partial charge in [0.15, 0.2) is 0 Å². The molecule has 0 aromatic rings. The summed E-state index contributed by atoms with van der Waals surface area (Å²) in [7, 11) is 0. The lowest BCUT2D eigenvalue weighted by molar-refractivity contribution is -0.149. The van der Waals surface area contributed by atoms with E-state index >= 15 is 0 Å². The van der Waals surface area contributed by atoms with Crippen molar-refractivity contribution in [2.75, 3.05) is 0 Å². The second-order valence-corrected chi connectivity index (χ2v) is 14.0. The molecular weight excluding hydrogens is 348 g/mol. The lowest BCUT2D eigenvalue weighted by Crippen LogP contribution is -2.56. The quantitative estimate of drug-likeness (QED) is 0.445. The molecule has 0 aromatic heterocycles. The van der Waals surface area contributed by atoms with Gasteiger partial charge in [0, 0.05) is 0 Å². The fraction of sp³-hybridized carbons (Fsp3) is 1.00. The van der Waals surface area contributed by atoms with E-state index in [0.29, 0.717) is 27.1 Å². The first-order chi connectivity index (χ1) is 13.5. The van der Waals surface area contributed by atoms with Gasteiger partial charge in [0.1, 0.15) is 0 Å². The molecule has 29 heavy (non-hydrogen) atoms. The molecule has 5 unspecified atom stereocenters. The van der Waals surface area contributed by atoms with E-state index in [1.807, 2.05) is 0 Å². The van der Waals surface area contributed by atoms with Crippen LogP contribution in [0.15, 0.2) is 0 Å². The van der Waals surface area contributed by atoms with Crippen molar-refractivity contribution in [3.05, 3.63) is 0 Å². The largest absolute Gasteiger partial charge is 0.0654 e. The highest BCUT2D eigenvalue weighted by Crippen LogP contribution is 2.91. The molecule has 0 radical (unpaired) electrons. The van der Waals surface area contributed by atoms with Crippen molar-refractivity contribution >= 4 is 0 Å². The van der Waals surface area contributed by atoms with Gasteiger partial charge in [-0.25, -0.2) is 0 Å². The van der Waals surface area contributed by atoms with E-state index in [0.717, 1.165) is 35.5 Å². The summed E-state index contributed by atoms with van der Waals surface area (Å²) >= 11 is 0. The molecule has 10 atom stereocenters. The maximum absolute atomic E-state index is 2.80. The summed E-state index contributed by atoms with van der Waals surface area (Å²) in [6.07, 6.45) is 15.1. The van der Waals surface area contributed by atoms with E-state index in [2.05, 4.69) is 55.4 Å². The minimum absolute atomic E-state index is 0.552. The van der Waals surface area contributed by atoms with Gasteiger partial charge in [-0.3, -0.25) is 0 Å². The first-order valence-corrected chi connectivity index (χ1v) is 13.5. The molecule has 5 fully saturated rings. The van der Waals surface area contributed by atoms with Crippen LogP contribution >= 0.6 is 0 Å². The first kappa shape index (κ1) is 20.9. The predicted molar refractivity (Wildman–Crippen MR) is 125 cm³/mol. The van der Waals surface area contributed by atoms with Crippen molar-refractivity contribution in [3.8, 4) is 0 Å². The third kappa shape index (κ3) is 2.10. The summed E-state index contributed by atoms with van der Waals surface area (Å²) in [4.78, 5) is 0. The van der Waals surface area contributed by atoms with Crippen LogP contribution in [0.5, 0.6) is 0 Å². The molecule has 5 aliphatic rings. The van der Waals surface area contributed by atoms with Crippen LogP contribution in [0.3, 0.4) is 0 Å². The van der Waals surface area contributed by atoms with Gasteiger partial charge >= 0.3 is 0 Å². The average molecular weight is 399 g/mol. The fourth-order valence-corrected chi connectivity index (χ4v) is 11.9. The van der Waals surface area contributed by atoms with Crippen molar-refractivity contribution in [2.45, 2.75) is 120 Å². The third-order valence-electron chi connectivity index (χ3n) is 13.8. The van der Waals surface area contributed by atoms with Crippen LogP contribution in [0.4, 0.5) is 0 Å². The van der Waals surface area contributed by atoms with Crippen LogP contribution in [-0.4, -0.2) is 0 Å². The van der Waals surface area contributed by atoms with Crippen molar-refractivity contribution in [1.29, 1.82) is 0 Å². The molecule has 5 saturated carbocycles. The van der Waals surface area contributed by atoms with Crippen LogP contribution in [0.1, 0.15) is 120 Å². The maximum atomic E-state index is 2.80. The van der Waals surface area contributed by atoms with E-state index in [1.165, 1.54) is 44.9 Å². The standard InChI is InChI=1S/C29H50/c1-9-10-19(2)22-14-15-27(8)24-12-11-23-25(5,6)20(3)13-16-28(23)21(4)29(24,28)18-17-26(22,27)7/h19-24H,9-18H2,1-8H3/t19-,20?,21-,22?,23?,24?,26-,27+,28?,29+/m1/s1. The van der Waals surface area contributed by atoms with Crippen LogP contribution in [0, 0.1) is 62.6 Å². The molecule has 0 heteroatoms. The van der Waals surface area contributed by atoms with Crippen molar-refractivity contribution in [3.63, 3.8) is 0 Å². The Morgan fingerprint density at radius 2 is 1.41 bits per heavy atom. The highest BCUT2D eigenvalue weighted by atomic mass is 14.9. The topological polar surface area (TPSA) is 0 Å². The Labute approximate surface area is 182 Å². The Morgan fingerprint density at radius 1 is 0.759 bits per heavy atom. The number of hydrogen-bond donors (Lipinski definition) is 0. The summed E-state index contributed by atoms with van der Waals surface area (Å²) < 4.78 is 0. The Hall–Kier alpha value is 0. The Kier molecular flexibility index (Phi) is 4.37. The lowest BCUT2D eigenvalue weighted by atomic mass is 9.41. The zero-order valence-electron chi connectivity index (χ0n) is 21.0. The van der Waals surface area contributed by atoms with E-state index in [-0.39, 0.29) is 0 Å². The molecule has 0 nitrogen and oxygen atoms in total. The van der Waals surface area contributed by atoms with Crippen LogP contribution < -0.4 is 0 Å². The van der Waals surface area contributed by atoms with E-state index in [4.69, 9.17) is 0 Å². The second-order valence-electron chi connectivity index (χ2n) is 14.0. The zero-order valence-corrected chi connectivity index (χ0v) is 21.0. The van der Waals surface area contributed by atoms with Gasteiger partial charge in [0.2, 0.25) is 0 Å². The SMILES string of the molecule is CCC[C@@H](C)C1CC[C@@]2(C)C3CCC4C(C)(C)C(C)CCC45[C@@H](C)[C@@]35CC[C@]12C. The first-order valence-electron chi connectivity index (χ1n) is 13.5. The van der Waals surface area contributed by atoms with Gasteiger partial charge in [-0.2, -0.15) is 0 Å². The summed E-state index contributed by atoms with van der Waals surface area (Å²) in [5, 5.41) is 0. The predicted octanol–water partition coefficient (Wildman–Crippen LogP) is 8.74.